The van der Waals surface area contributed by atoms with Crippen molar-refractivity contribution in [1.82, 2.24) is 9.97 Å². The maximum atomic E-state index is 13.1. The maximum Gasteiger partial charge on any atom is 0.190 e. The lowest BCUT2D eigenvalue weighted by molar-refractivity contribution is 0.626. The second-order valence-electron chi connectivity index (χ2n) is 3.74. The van der Waals surface area contributed by atoms with Gasteiger partial charge < -0.3 is 5.73 Å². The van der Waals surface area contributed by atoms with Crippen LogP contribution in [0.1, 0.15) is 11.3 Å². The summed E-state index contributed by atoms with van der Waals surface area (Å²) in [5.41, 5.74) is 7.15. The van der Waals surface area contributed by atoms with Crippen LogP contribution in [0.15, 0.2) is 29.4 Å². The van der Waals surface area contributed by atoms with Crippen LogP contribution in [-0.4, -0.2) is 9.97 Å². The summed E-state index contributed by atoms with van der Waals surface area (Å²) in [7, 11) is 0. The van der Waals surface area contributed by atoms with Crippen molar-refractivity contribution in [1.29, 1.82) is 0 Å². The van der Waals surface area contributed by atoms with E-state index in [0.717, 1.165) is 5.69 Å². The summed E-state index contributed by atoms with van der Waals surface area (Å²) in [5, 5.41) is 1.09. The third-order valence-electron chi connectivity index (χ3n) is 2.22. The molecule has 0 radical (unpaired) electrons. The smallest absolute Gasteiger partial charge is 0.190 e. The Balaban J connectivity index is 2.13. The molecular formula is C12H11ClFN3S. The lowest BCUT2D eigenvalue weighted by Gasteiger charge is -2.05. The molecule has 0 unspecified atom stereocenters. The molecule has 0 spiro atoms. The molecule has 0 aliphatic carbocycles. The summed E-state index contributed by atoms with van der Waals surface area (Å²) in [4.78, 5) is 8.33. The minimum Gasteiger partial charge on any atom is -0.384 e. The highest BCUT2D eigenvalue weighted by atomic mass is 35.5. The average molecular weight is 284 g/mol. The van der Waals surface area contributed by atoms with Gasteiger partial charge in [0.1, 0.15) is 11.6 Å². The van der Waals surface area contributed by atoms with E-state index in [4.69, 9.17) is 17.3 Å². The van der Waals surface area contributed by atoms with Crippen molar-refractivity contribution >= 4 is 29.2 Å². The largest absolute Gasteiger partial charge is 0.384 e. The highest BCUT2D eigenvalue weighted by molar-refractivity contribution is 7.98. The van der Waals surface area contributed by atoms with Gasteiger partial charge in [-0.3, -0.25) is 0 Å². The number of hydrogen-bond acceptors (Lipinski definition) is 4. The molecule has 1 aromatic heterocycles. The SMILES string of the molecule is Cc1cc(N)nc(SCc2cc(F)ccc2Cl)n1. The molecule has 0 fully saturated rings. The predicted molar refractivity (Wildman–Crippen MR) is 72.2 cm³/mol. The molecule has 0 aliphatic rings. The number of aryl methyl sites for hydroxylation is 1. The molecule has 2 rings (SSSR count). The Morgan fingerprint density at radius 3 is 2.83 bits per heavy atom. The number of nitrogens with two attached hydrogens (primary N) is 1. The number of aromatic nitrogens is 2. The molecular weight excluding hydrogens is 273 g/mol. The van der Waals surface area contributed by atoms with Crippen molar-refractivity contribution in [3.05, 3.63) is 46.4 Å². The molecule has 0 saturated heterocycles. The summed E-state index contributed by atoms with van der Waals surface area (Å²) in [6.07, 6.45) is 0. The molecule has 0 aliphatic heterocycles. The van der Waals surface area contributed by atoms with Gasteiger partial charge in [-0.05, 0) is 30.7 Å². The van der Waals surface area contributed by atoms with Crippen molar-refractivity contribution in [2.24, 2.45) is 0 Å². The fraction of sp³-hybridized carbons (Fsp3) is 0.167. The van der Waals surface area contributed by atoms with Crippen LogP contribution in [0.4, 0.5) is 10.2 Å². The van der Waals surface area contributed by atoms with Gasteiger partial charge in [-0.15, -0.1) is 0 Å². The van der Waals surface area contributed by atoms with E-state index in [0.29, 0.717) is 27.3 Å². The molecule has 3 nitrogen and oxygen atoms in total. The first-order chi connectivity index (χ1) is 8.54. The standard InChI is InChI=1S/C12H11ClFN3S/c1-7-4-11(15)17-12(16-7)18-6-8-5-9(14)2-3-10(8)13/h2-5H,6H2,1H3,(H2,15,16,17). The molecule has 1 aromatic carbocycles. The first-order valence-corrected chi connectivity index (χ1v) is 6.59. The number of nitrogens with zero attached hydrogens (tertiary/aromatic N) is 2. The molecule has 2 N–H and O–H groups in total. The van der Waals surface area contributed by atoms with Crippen molar-refractivity contribution in [2.75, 3.05) is 5.73 Å². The van der Waals surface area contributed by atoms with E-state index >= 15 is 0 Å². The van der Waals surface area contributed by atoms with E-state index in [1.807, 2.05) is 6.92 Å². The first kappa shape index (κ1) is 13.1. The number of nitrogen functional groups attached to an aromatic ring is 1. The molecule has 2 aromatic rings. The Morgan fingerprint density at radius 1 is 1.33 bits per heavy atom. The van der Waals surface area contributed by atoms with Gasteiger partial charge in [-0.25, -0.2) is 14.4 Å². The van der Waals surface area contributed by atoms with E-state index in [9.17, 15) is 4.39 Å². The Labute approximate surface area is 114 Å². The number of benzene rings is 1. The topological polar surface area (TPSA) is 51.8 Å². The number of hydrogen-bond donors (Lipinski definition) is 1. The lowest BCUT2D eigenvalue weighted by atomic mass is 10.2. The third kappa shape index (κ3) is 3.34. The summed E-state index contributed by atoms with van der Waals surface area (Å²) in [6, 6.07) is 5.98. The van der Waals surface area contributed by atoms with Crippen LogP contribution >= 0.6 is 23.4 Å². The van der Waals surface area contributed by atoms with Gasteiger partial charge in [-0.2, -0.15) is 0 Å². The van der Waals surface area contributed by atoms with Gasteiger partial charge >= 0.3 is 0 Å². The Bertz CT molecular complexity index is 557. The predicted octanol–water partition coefficient (Wildman–Crippen LogP) is 3.45. The van der Waals surface area contributed by atoms with Crippen molar-refractivity contribution in [3.8, 4) is 0 Å². The van der Waals surface area contributed by atoms with Crippen molar-refractivity contribution in [2.45, 2.75) is 17.8 Å². The molecule has 18 heavy (non-hydrogen) atoms. The molecule has 1 heterocycles. The highest BCUT2D eigenvalue weighted by Gasteiger charge is 2.06. The highest BCUT2D eigenvalue weighted by Crippen LogP contribution is 2.25. The molecule has 0 bridgehead atoms. The number of anilines is 1. The number of halogens is 2. The minimum atomic E-state index is -0.306. The van der Waals surface area contributed by atoms with Crippen LogP contribution in [0.5, 0.6) is 0 Å². The Morgan fingerprint density at radius 2 is 2.11 bits per heavy atom. The van der Waals surface area contributed by atoms with Crippen LogP contribution < -0.4 is 5.73 Å². The van der Waals surface area contributed by atoms with Crippen molar-refractivity contribution in [3.63, 3.8) is 0 Å². The zero-order chi connectivity index (χ0) is 13.1. The second kappa shape index (κ2) is 5.54. The van der Waals surface area contributed by atoms with Crippen LogP contribution in [0.2, 0.25) is 5.02 Å². The molecule has 0 saturated carbocycles. The minimum absolute atomic E-state index is 0.306. The number of thioether (sulfide) groups is 1. The Hall–Kier alpha value is -1.33. The van der Waals surface area contributed by atoms with Gasteiger partial charge in [0.15, 0.2) is 5.16 Å². The van der Waals surface area contributed by atoms with Crippen molar-refractivity contribution < 1.29 is 4.39 Å². The van der Waals surface area contributed by atoms with E-state index < -0.39 is 0 Å². The zero-order valence-electron chi connectivity index (χ0n) is 9.65. The average Bonchev–Trinajstić information content (AvgIpc) is 2.29. The number of rotatable bonds is 3. The van der Waals surface area contributed by atoms with E-state index in [1.165, 1.54) is 30.0 Å². The van der Waals surface area contributed by atoms with Gasteiger partial charge in [0.25, 0.3) is 0 Å². The van der Waals surface area contributed by atoms with Crippen LogP contribution in [0, 0.1) is 12.7 Å². The van der Waals surface area contributed by atoms with Gasteiger partial charge in [-0.1, -0.05) is 23.4 Å². The van der Waals surface area contributed by atoms with E-state index in [1.54, 1.807) is 6.07 Å². The third-order valence-corrected chi connectivity index (χ3v) is 3.48. The molecule has 6 heteroatoms. The summed E-state index contributed by atoms with van der Waals surface area (Å²) < 4.78 is 13.1. The van der Waals surface area contributed by atoms with Crippen LogP contribution in [0.25, 0.3) is 0 Å². The summed E-state index contributed by atoms with van der Waals surface area (Å²) in [5.74, 6) is 0.620. The zero-order valence-corrected chi connectivity index (χ0v) is 11.2. The quantitative estimate of drug-likeness (QED) is 0.692. The van der Waals surface area contributed by atoms with E-state index in [2.05, 4.69) is 9.97 Å². The molecule has 0 atom stereocenters. The lowest BCUT2D eigenvalue weighted by Crippen LogP contribution is -1.97. The normalized spacial score (nSPS) is 10.6. The first-order valence-electron chi connectivity index (χ1n) is 5.22. The molecule has 0 amide bonds. The second-order valence-corrected chi connectivity index (χ2v) is 5.09. The van der Waals surface area contributed by atoms with E-state index in [-0.39, 0.29) is 5.82 Å². The summed E-state index contributed by atoms with van der Waals surface area (Å²) >= 11 is 7.35. The fourth-order valence-corrected chi connectivity index (χ4v) is 2.59. The van der Waals surface area contributed by atoms with Crippen LogP contribution in [0.3, 0.4) is 0 Å². The van der Waals surface area contributed by atoms with Gasteiger partial charge in [0, 0.05) is 22.5 Å². The maximum absolute atomic E-state index is 13.1. The van der Waals surface area contributed by atoms with Gasteiger partial charge in [0.2, 0.25) is 0 Å². The van der Waals surface area contributed by atoms with Crippen LogP contribution in [-0.2, 0) is 5.75 Å². The fourth-order valence-electron chi connectivity index (χ4n) is 1.43. The monoisotopic (exact) mass is 283 g/mol. The Kier molecular flexibility index (Phi) is 4.04. The summed E-state index contributed by atoms with van der Waals surface area (Å²) in [6.45, 7) is 1.84. The molecule has 94 valence electrons. The van der Waals surface area contributed by atoms with Gasteiger partial charge in [0.05, 0.1) is 0 Å².